The second kappa shape index (κ2) is 3.51. The van der Waals surface area contributed by atoms with Gasteiger partial charge in [-0.3, -0.25) is 0 Å². The highest BCUT2D eigenvalue weighted by Gasteiger charge is 2.24. The number of rotatable bonds is 2. The average Bonchev–Trinajstić information content (AvgIpc) is 2.77. The van der Waals surface area contributed by atoms with Crippen molar-refractivity contribution in [3.8, 4) is 0 Å². The first-order chi connectivity index (χ1) is 5.88. The van der Waals surface area contributed by atoms with Gasteiger partial charge in [0, 0.05) is 11.6 Å². The lowest BCUT2D eigenvalue weighted by Crippen LogP contribution is -2.23. The lowest BCUT2D eigenvalue weighted by atomic mass is 10.0. The summed E-state index contributed by atoms with van der Waals surface area (Å²) in [4.78, 5) is 4.23. The van der Waals surface area contributed by atoms with Gasteiger partial charge in [-0.05, 0) is 25.4 Å². The Morgan fingerprint density at radius 2 is 2.67 bits per heavy atom. The molecule has 1 aliphatic rings. The van der Waals surface area contributed by atoms with Crippen molar-refractivity contribution in [2.75, 3.05) is 13.1 Å². The van der Waals surface area contributed by atoms with Gasteiger partial charge in [0.1, 0.15) is 5.01 Å². The predicted octanol–water partition coefficient (Wildman–Crippen LogP) is 0.752. The number of hydrogen-bond acceptors (Lipinski definition) is 4. The van der Waals surface area contributed by atoms with E-state index in [1.54, 1.807) is 11.3 Å². The van der Waals surface area contributed by atoms with Crippen LogP contribution in [-0.2, 0) is 0 Å². The fourth-order valence-corrected chi connectivity index (χ4v) is 2.32. The van der Waals surface area contributed by atoms with E-state index >= 15 is 0 Å². The molecule has 0 radical (unpaired) electrons. The molecule has 4 heteroatoms. The summed E-state index contributed by atoms with van der Waals surface area (Å²) in [5.41, 5.74) is 6.05. The maximum atomic E-state index is 6.05. The highest BCUT2D eigenvalue weighted by Crippen LogP contribution is 2.25. The first kappa shape index (κ1) is 8.16. The summed E-state index contributed by atoms with van der Waals surface area (Å²) in [7, 11) is 0. The molecule has 0 spiro atoms. The molecule has 1 aliphatic heterocycles. The van der Waals surface area contributed by atoms with Gasteiger partial charge in [-0.25, -0.2) is 4.98 Å². The monoisotopic (exact) mass is 183 g/mol. The summed E-state index contributed by atoms with van der Waals surface area (Å²) in [5, 5.41) is 6.37. The lowest BCUT2D eigenvalue weighted by molar-refractivity contribution is 0.468. The van der Waals surface area contributed by atoms with Crippen LogP contribution in [0.15, 0.2) is 11.6 Å². The molecule has 66 valence electrons. The van der Waals surface area contributed by atoms with Gasteiger partial charge in [-0.2, -0.15) is 0 Å². The zero-order chi connectivity index (χ0) is 8.39. The third-order valence-electron chi connectivity index (χ3n) is 2.34. The Balaban J connectivity index is 2.04. The van der Waals surface area contributed by atoms with Crippen LogP contribution in [0.25, 0.3) is 0 Å². The fraction of sp³-hybridized carbons (Fsp3) is 0.625. The molecule has 12 heavy (non-hydrogen) atoms. The molecule has 2 unspecified atom stereocenters. The van der Waals surface area contributed by atoms with E-state index in [4.69, 9.17) is 5.73 Å². The Morgan fingerprint density at radius 3 is 3.25 bits per heavy atom. The topological polar surface area (TPSA) is 50.9 Å². The number of aromatic nitrogens is 1. The van der Waals surface area contributed by atoms with E-state index in [-0.39, 0.29) is 6.04 Å². The van der Waals surface area contributed by atoms with E-state index in [1.807, 2.05) is 11.6 Å². The van der Waals surface area contributed by atoms with E-state index in [0.717, 1.165) is 18.1 Å². The number of nitrogens with two attached hydrogens (primary N) is 1. The number of nitrogens with one attached hydrogen (secondary N) is 1. The van der Waals surface area contributed by atoms with Gasteiger partial charge in [0.2, 0.25) is 0 Å². The van der Waals surface area contributed by atoms with E-state index in [0.29, 0.717) is 5.92 Å². The minimum Gasteiger partial charge on any atom is -0.322 e. The van der Waals surface area contributed by atoms with Crippen molar-refractivity contribution in [2.24, 2.45) is 11.7 Å². The Kier molecular flexibility index (Phi) is 2.39. The molecule has 3 N–H and O–H groups in total. The standard InChI is InChI=1S/C8H13N3S/c9-7(6-1-2-10-5-6)8-11-3-4-12-8/h3-4,6-7,10H,1-2,5,9H2. The smallest absolute Gasteiger partial charge is 0.110 e. The fourth-order valence-electron chi connectivity index (χ4n) is 1.58. The number of thiazole rings is 1. The van der Waals surface area contributed by atoms with Crippen LogP contribution < -0.4 is 11.1 Å². The Hall–Kier alpha value is -0.450. The predicted molar refractivity (Wildman–Crippen MR) is 50.0 cm³/mol. The van der Waals surface area contributed by atoms with Crippen LogP contribution >= 0.6 is 11.3 Å². The van der Waals surface area contributed by atoms with Gasteiger partial charge in [0.15, 0.2) is 0 Å². The van der Waals surface area contributed by atoms with E-state index in [9.17, 15) is 0 Å². The third kappa shape index (κ3) is 1.50. The largest absolute Gasteiger partial charge is 0.322 e. The Labute approximate surface area is 76.0 Å². The van der Waals surface area contributed by atoms with Gasteiger partial charge in [-0.15, -0.1) is 11.3 Å². The van der Waals surface area contributed by atoms with Crippen molar-refractivity contribution in [1.29, 1.82) is 0 Å². The van der Waals surface area contributed by atoms with Crippen molar-refractivity contribution in [2.45, 2.75) is 12.5 Å². The van der Waals surface area contributed by atoms with E-state index < -0.39 is 0 Å². The molecular formula is C8H13N3S. The van der Waals surface area contributed by atoms with Crippen LogP contribution in [0, 0.1) is 5.92 Å². The van der Waals surface area contributed by atoms with Crippen LogP contribution in [0.5, 0.6) is 0 Å². The van der Waals surface area contributed by atoms with Crippen molar-refractivity contribution in [3.63, 3.8) is 0 Å². The third-order valence-corrected chi connectivity index (χ3v) is 3.22. The molecule has 2 rings (SSSR count). The minimum atomic E-state index is 0.139. The van der Waals surface area contributed by atoms with Gasteiger partial charge >= 0.3 is 0 Å². The average molecular weight is 183 g/mol. The molecule has 1 fully saturated rings. The van der Waals surface area contributed by atoms with E-state index in [2.05, 4.69) is 10.3 Å². The summed E-state index contributed by atoms with van der Waals surface area (Å²) in [6.45, 7) is 2.14. The Bertz CT molecular complexity index is 228. The molecule has 0 bridgehead atoms. The van der Waals surface area contributed by atoms with Crippen LogP contribution in [0.1, 0.15) is 17.5 Å². The first-order valence-electron chi connectivity index (χ1n) is 4.23. The van der Waals surface area contributed by atoms with Gasteiger partial charge in [-0.1, -0.05) is 0 Å². The lowest BCUT2D eigenvalue weighted by Gasteiger charge is -2.14. The minimum absolute atomic E-state index is 0.139. The normalized spacial score (nSPS) is 25.9. The van der Waals surface area contributed by atoms with Crippen LogP contribution in [0.3, 0.4) is 0 Å². The highest BCUT2D eigenvalue weighted by atomic mass is 32.1. The van der Waals surface area contributed by atoms with Gasteiger partial charge < -0.3 is 11.1 Å². The maximum Gasteiger partial charge on any atom is 0.110 e. The van der Waals surface area contributed by atoms with Crippen LogP contribution in [0.4, 0.5) is 0 Å². The molecular weight excluding hydrogens is 170 g/mol. The van der Waals surface area contributed by atoms with Crippen LogP contribution in [-0.4, -0.2) is 18.1 Å². The molecule has 0 saturated carbocycles. The molecule has 0 amide bonds. The quantitative estimate of drug-likeness (QED) is 0.711. The SMILES string of the molecule is NC(c1nccs1)C1CCNC1. The number of nitrogens with zero attached hydrogens (tertiary/aromatic N) is 1. The molecule has 0 aromatic carbocycles. The zero-order valence-electron chi connectivity index (χ0n) is 6.86. The summed E-state index contributed by atoms with van der Waals surface area (Å²) in [6.07, 6.45) is 3.00. The van der Waals surface area contributed by atoms with Crippen LogP contribution in [0.2, 0.25) is 0 Å². The second-order valence-electron chi connectivity index (χ2n) is 3.15. The molecule has 2 atom stereocenters. The molecule has 2 heterocycles. The molecule has 1 saturated heterocycles. The maximum absolute atomic E-state index is 6.05. The molecule has 0 aliphatic carbocycles. The molecule has 1 aromatic heterocycles. The zero-order valence-corrected chi connectivity index (χ0v) is 7.68. The Morgan fingerprint density at radius 1 is 1.75 bits per heavy atom. The summed E-state index contributed by atoms with van der Waals surface area (Å²) in [5.74, 6) is 0.580. The summed E-state index contributed by atoms with van der Waals surface area (Å²) >= 11 is 1.65. The van der Waals surface area contributed by atoms with Crippen molar-refractivity contribution >= 4 is 11.3 Å². The second-order valence-corrected chi connectivity index (χ2v) is 4.08. The summed E-state index contributed by atoms with van der Waals surface area (Å²) < 4.78 is 0. The summed E-state index contributed by atoms with van der Waals surface area (Å²) in [6, 6.07) is 0.139. The van der Waals surface area contributed by atoms with Crippen molar-refractivity contribution < 1.29 is 0 Å². The van der Waals surface area contributed by atoms with Gasteiger partial charge in [0.25, 0.3) is 0 Å². The van der Waals surface area contributed by atoms with E-state index in [1.165, 1.54) is 6.42 Å². The van der Waals surface area contributed by atoms with Crippen molar-refractivity contribution in [3.05, 3.63) is 16.6 Å². The highest BCUT2D eigenvalue weighted by molar-refractivity contribution is 7.09. The number of hydrogen-bond donors (Lipinski definition) is 2. The van der Waals surface area contributed by atoms with Crippen molar-refractivity contribution in [1.82, 2.24) is 10.3 Å². The molecule has 1 aromatic rings. The first-order valence-corrected chi connectivity index (χ1v) is 5.11. The van der Waals surface area contributed by atoms with Gasteiger partial charge in [0.05, 0.1) is 6.04 Å². The molecule has 3 nitrogen and oxygen atoms in total.